The Balaban J connectivity index is 0.00000176. The molecule has 2 aliphatic carbocycles. The molecular formula is C17H31ClN2O2. The number of rotatable bonds is 4. The highest BCUT2D eigenvalue weighted by atomic mass is 35.5. The van der Waals surface area contributed by atoms with Crippen molar-refractivity contribution in [3.05, 3.63) is 0 Å². The normalized spacial score (nSPS) is 33.6. The number of hydrogen-bond acceptors (Lipinski definition) is 3. The fourth-order valence-electron chi connectivity index (χ4n) is 4.54. The average molecular weight is 331 g/mol. The Labute approximate surface area is 140 Å². The predicted octanol–water partition coefficient (Wildman–Crippen LogP) is 2.39. The molecule has 0 bridgehead atoms. The minimum Gasteiger partial charge on any atom is -0.391 e. The molecule has 3 fully saturated rings. The summed E-state index contributed by atoms with van der Waals surface area (Å²) < 4.78 is 0. The lowest BCUT2D eigenvalue weighted by Crippen LogP contribution is -2.46. The van der Waals surface area contributed by atoms with Gasteiger partial charge in [0.1, 0.15) is 0 Å². The van der Waals surface area contributed by atoms with Gasteiger partial charge in [-0.2, -0.15) is 0 Å². The van der Waals surface area contributed by atoms with Crippen molar-refractivity contribution in [1.82, 2.24) is 10.6 Å². The smallest absolute Gasteiger partial charge is 0.237 e. The van der Waals surface area contributed by atoms with Crippen LogP contribution in [0.4, 0.5) is 0 Å². The quantitative estimate of drug-likeness (QED) is 0.741. The van der Waals surface area contributed by atoms with E-state index in [2.05, 4.69) is 10.6 Å². The number of carbonyl (C=O) groups is 1. The fraction of sp³-hybridized carbons (Fsp3) is 0.941. The second-order valence-corrected chi connectivity index (χ2v) is 7.32. The van der Waals surface area contributed by atoms with Crippen LogP contribution in [0.5, 0.6) is 0 Å². The molecule has 3 rings (SSSR count). The first-order valence-corrected chi connectivity index (χ1v) is 8.96. The number of amides is 1. The number of carbonyl (C=O) groups excluding carboxylic acids is 1. The number of nitrogens with one attached hydrogen (secondary N) is 2. The van der Waals surface area contributed by atoms with Gasteiger partial charge in [-0.1, -0.05) is 32.1 Å². The first-order chi connectivity index (χ1) is 10.2. The topological polar surface area (TPSA) is 61.4 Å². The van der Waals surface area contributed by atoms with E-state index in [4.69, 9.17) is 0 Å². The van der Waals surface area contributed by atoms with Crippen molar-refractivity contribution in [2.75, 3.05) is 6.54 Å². The van der Waals surface area contributed by atoms with Crippen LogP contribution in [0, 0.1) is 11.8 Å². The van der Waals surface area contributed by atoms with E-state index in [0.717, 1.165) is 19.3 Å². The molecule has 4 nitrogen and oxygen atoms in total. The van der Waals surface area contributed by atoms with Crippen LogP contribution in [-0.4, -0.2) is 35.7 Å². The molecule has 3 aliphatic rings. The maximum absolute atomic E-state index is 12.3. The van der Waals surface area contributed by atoms with Gasteiger partial charge in [0.25, 0.3) is 0 Å². The molecule has 0 spiro atoms. The minimum atomic E-state index is -0.363. The molecule has 4 unspecified atom stereocenters. The van der Waals surface area contributed by atoms with Crippen molar-refractivity contribution in [2.24, 2.45) is 11.8 Å². The third-order valence-electron chi connectivity index (χ3n) is 5.86. The SMILES string of the molecule is Cl.O=C(NCC(O)C1CCCCC1)C1CC2CCCCC2N1. The lowest BCUT2D eigenvalue weighted by molar-refractivity contribution is -0.123. The monoisotopic (exact) mass is 330 g/mol. The Morgan fingerprint density at radius 1 is 1.09 bits per heavy atom. The fourth-order valence-corrected chi connectivity index (χ4v) is 4.54. The standard InChI is InChI=1S/C17H30N2O2.ClH/c20-16(12-6-2-1-3-7-12)11-18-17(21)15-10-13-8-4-5-9-14(13)19-15;/h12-16,19-20H,1-11H2,(H,18,21);1H. The molecular weight excluding hydrogens is 300 g/mol. The van der Waals surface area contributed by atoms with Gasteiger partial charge in [0.05, 0.1) is 12.1 Å². The zero-order valence-electron chi connectivity index (χ0n) is 13.4. The van der Waals surface area contributed by atoms with Gasteiger partial charge in [0.2, 0.25) is 5.91 Å². The third kappa shape index (κ3) is 4.36. The minimum absolute atomic E-state index is 0. The van der Waals surface area contributed by atoms with Crippen molar-refractivity contribution in [2.45, 2.75) is 82.4 Å². The zero-order valence-corrected chi connectivity index (χ0v) is 14.2. The first-order valence-electron chi connectivity index (χ1n) is 8.96. The summed E-state index contributed by atoms with van der Waals surface area (Å²) >= 11 is 0. The van der Waals surface area contributed by atoms with E-state index in [1.807, 2.05) is 0 Å². The summed E-state index contributed by atoms with van der Waals surface area (Å²) in [5, 5.41) is 16.7. The second kappa shape index (κ2) is 8.51. The number of halogens is 1. The Bertz CT molecular complexity index is 347. The van der Waals surface area contributed by atoms with Gasteiger partial charge in [-0.15, -0.1) is 12.4 Å². The summed E-state index contributed by atoms with van der Waals surface area (Å²) in [7, 11) is 0. The summed E-state index contributed by atoms with van der Waals surface area (Å²) in [6.45, 7) is 0.428. The number of aliphatic hydroxyl groups excluding tert-OH is 1. The largest absolute Gasteiger partial charge is 0.391 e. The molecule has 1 amide bonds. The van der Waals surface area contributed by atoms with Gasteiger partial charge in [0.15, 0.2) is 0 Å². The molecule has 2 saturated carbocycles. The van der Waals surface area contributed by atoms with Gasteiger partial charge in [0, 0.05) is 12.6 Å². The van der Waals surface area contributed by atoms with Gasteiger partial charge >= 0.3 is 0 Å². The summed E-state index contributed by atoms with van der Waals surface area (Å²) in [5.74, 6) is 1.18. The Kier molecular flexibility index (Phi) is 6.97. The second-order valence-electron chi connectivity index (χ2n) is 7.32. The number of fused-ring (bicyclic) bond motifs is 1. The van der Waals surface area contributed by atoms with E-state index in [0.29, 0.717) is 24.4 Å². The van der Waals surface area contributed by atoms with Crippen LogP contribution >= 0.6 is 12.4 Å². The Morgan fingerprint density at radius 3 is 2.50 bits per heavy atom. The van der Waals surface area contributed by atoms with Crippen molar-refractivity contribution in [3.8, 4) is 0 Å². The molecule has 1 aliphatic heterocycles. The van der Waals surface area contributed by atoms with Crippen LogP contribution in [-0.2, 0) is 4.79 Å². The van der Waals surface area contributed by atoms with E-state index in [1.165, 1.54) is 44.9 Å². The van der Waals surface area contributed by atoms with Crippen molar-refractivity contribution < 1.29 is 9.90 Å². The maximum Gasteiger partial charge on any atom is 0.237 e. The third-order valence-corrected chi connectivity index (χ3v) is 5.86. The molecule has 1 heterocycles. The highest BCUT2D eigenvalue weighted by Crippen LogP contribution is 2.33. The number of aliphatic hydroxyl groups is 1. The predicted molar refractivity (Wildman–Crippen MR) is 90.1 cm³/mol. The van der Waals surface area contributed by atoms with E-state index >= 15 is 0 Å². The zero-order chi connectivity index (χ0) is 14.7. The summed E-state index contributed by atoms with van der Waals surface area (Å²) in [6.07, 6.45) is 11.7. The van der Waals surface area contributed by atoms with Crippen molar-refractivity contribution in [1.29, 1.82) is 0 Å². The van der Waals surface area contributed by atoms with E-state index in [1.54, 1.807) is 0 Å². The lowest BCUT2D eigenvalue weighted by atomic mass is 9.85. The maximum atomic E-state index is 12.3. The highest BCUT2D eigenvalue weighted by Gasteiger charge is 2.38. The first kappa shape index (κ1) is 18.0. The molecule has 22 heavy (non-hydrogen) atoms. The Hall–Kier alpha value is -0.320. The van der Waals surface area contributed by atoms with Gasteiger partial charge < -0.3 is 15.7 Å². The van der Waals surface area contributed by atoms with Crippen LogP contribution in [0.3, 0.4) is 0 Å². The van der Waals surface area contributed by atoms with Crippen LogP contribution in [0.1, 0.15) is 64.2 Å². The molecule has 1 saturated heterocycles. The molecule has 3 N–H and O–H groups in total. The summed E-state index contributed by atoms with van der Waals surface area (Å²) in [4.78, 5) is 12.3. The van der Waals surface area contributed by atoms with Gasteiger partial charge in [-0.3, -0.25) is 4.79 Å². The van der Waals surface area contributed by atoms with E-state index in [-0.39, 0.29) is 30.5 Å². The lowest BCUT2D eigenvalue weighted by Gasteiger charge is -2.27. The number of hydrogen-bond donors (Lipinski definition) is 3. The molecule has 0 aromatic carbocycles. The van der Waals surface area contributed by atoms with Crippen LogP contribution in [0.15, 0.2) is 0 Å². The van der Waals surface area contributed by atoms with Gasteiger partial charge in [-0.25, -0.2) is 0 Å². The van der Waals surface area contributed by atoms with E-state index < -0.39 is 0 Å². The summed E-state index contributed by atoms with van der Waals surface area (Å²) in [6, 6.07) is 0.523. The van der Waals surface area contributed by atoms with Crippen molar-refractivity contribution in [3.63, 3.8) is 0 Å². The van der Waals surface area contributed by atoms with Crippen LogP contribution in [0.2, 0.25) is 0 Å². The van der Waals surface area contributed by atoms with Crippen LogP contribution in [0.25, 0.3) is 0 Å². The average Bonchev–Trinajstić information content (AvgIpc) is 2.97. The molecule has 0 aromatic heterocycles. The molecule has 5 heteroatoms. The molecule has 0 aromatic rings. The van der Waals surface area contributed by atoms with Crippen molar-refractivity contribution >= 4 is 18.3 Å². The van der Waals surface area contributed by atoms with Gasteiger partial charge in [-0.05, 0) is 43.9 Å². The van der Waals surface area contributed by atoms with Crippen LogP contribution < -0.4 is 10.6 Å². The van der Waals surface area contributed by atoms with E-state index in [9.17, 15) is 9.90 Å². The molecule has 128 valence electrons. The highest BCUT2D eigenvalue weighted by molar-refractivity contribution is 5.85. The molecule has 4 atom stereocenters. The molecule has 0 radical (unpaired) electrons. The Morgan fingerprint density at radius 2 is 1.77 bits per heavy atom. The summed E-state index contributed by atoms with van der Waals surface area (Å²) in [5.41, 5.74) is 0.